The molecule has 4 nitrogen and oxygen atoms in total. The molecule has 0 saturated heterocycles. The minimum atomic E-state index is 0.857. The summed E-state index contributed by atoms with van der Waals surface area (Å²) in [5, 5.41) is 7.03. The van der Waals surface area contributed by atoms with Crippen molar-refractivity contribution in [1.29, 1.82) is 0 Å². The van der Waals surface area contributed by atoms with Crippen molar-refractivity contribution in [1.82, 2.24) is 9.97 Å². The van der Waals surface area contributed by atoms with Crippen molar-refractivity contribution >= 4 is 11.6 Å². The Morgan fingerprint density at radius 3 is 2.52 bits per heavy atom. The molecule has 3 rings (SSSR count). The summed E-state index contributed by atoms with van der Waals surface area (Å²) in [4.78, 5) is 8.88. The molecule has 1 aromatic heterocycles. The van der Waals surface area contributed by atoms with Gasteiger partial charge in [0.25, 0.3) is 0 Å². The molecule has 2 saturated carbocycles. The predicted octanol–water partition coefficient (Wildman–Crippen LogP) is 3.71. The molecule has 2 N–H and O–H groups in total. The van der Waals surface area contributed by atoms with Crippen molar-refractivity contribution < 1.29 is 0 Å². The Bertz CT molecular complexity index is 474. The maximum absolute atomic E-state index is 4.48. The molecule has 116 valence electrons. The van der Waals surface area contributed by atoms with E-state index in [1.54, 1.807) is 6.33 Å². The standard InChI is InChI=1S/C17H28N4/c1-3-7-18-16-15(4-2)17(21-11-20-16)19-10-14-9-12-5-6-13(14)8-12/h11-14H,3-10H2,1-2H3,(H2,18,19,20,21). The topological polar surface area (TPSA) is 49.8 Å². The molecule has 0 radical (unpaired) electrons. The van der Waals surface area contributed by atoms with Crippen molar-refractivity contribution in [2.24, 2.45) is 17.8 Å². The zero-order valence-electron chi connectivity index (χ0n) is 13.4. The summed E-state index contributed by atoms with van der Waals surface area (Å²) < 4.78 is 0. The molecule has 3 unspecified atom stereocenters. The molecule has 1 aromatic rings. The van der Waals surface area contributed by atoms with Gasteiger partial charge >= 0.3 is 0 Å². The van der Waals surface area contributed by atoms with Gasteiger partial charge in [-0.25, -0.2) is 9.97 Å². The summed E-state index contributed by atoms with van der Waals surface area (Å²) in [5.74, 6) is 4.88. The van der Waals surface area contributed by atoms with Gasteiger partial charge in [0.2, 0.25) is 0 Å². The smallest absolute Gasteiger partial charge is 0.134 e. The van der Waals surface area contributed by atoms with Gasteiger partial charge in [0.15, 0.2) is 0 Å². The quantitative estimate of drug-likeness (QED) is 0.803. The number of fused-ring (bicyclic) bond motifs is 2. The first-order chi connectivity index (χ1) is 10.3. The van der Waals surface area contributed by atoms with Crippen LogP contribution in [0.3, 0.4) is 0 Å². The van der Waals surface area contributed by atoms with Gasteiger partial charge in [-0.15, -0.1) is 0 Å². The average Bonchev–Trinajstić information content (AvgIpc) is 3.13. The van der Waals surface area contributed by atoms with Crippen molar-refractivity contribution in [3.8, 4) is 0 Å². The van der Waals surface area contributed by atoms with Crippen LogP contribution < -0.4 is 10.6 Å². The zero-order chi connectivity index (χ0) is 14.7. The highest BCUT2D eigenvalue weighted by Gasteiger charge is 2.39. The molecular formula is C17H28N4. The maximum Gasteiger partial charge on any atom is 0.134 e. The third-order valence-corrected chi connectivity index (χ3v) is 5.26. The molecule has 0 aromatic carbocycles. The number of hydrogen-bond acceptors (Lipinski definition) is 4. The third kappa shape index (κ3) is 3.14. The molecule has 0 spiro atoms. The molecule has 2 bridgehead atoms. The van der Waals surface area contributed by atoms with Crippen molar-refractivity contribution in [3.63, 3.8) is 0 Å². The van der Waals surface area contributed by atoms with Gasteiger partial charge in [0.1, 0.15) is 18.0 Å². The lowest BCUT2D eigenvalue weighted by Gasteiger charge is -2.23. The molecule has 2 aliphatic rings. The summed E-state index contributed by atoms with van der Waals surface area (Å²) in [6.45, 7) is 6.40. The van der Waals surface area contributed by atoms with Crippen LogP contribution in [0.2, 0.25) is 0 Å². The molecular weight excluding hydrogens is 260 g/mol. The molecule has 2 aliphatic carbocycles. The molecule has 3 atom stereocenters. The molecule has 2 fully saturated rings. The summed E-state index contributed by atoms with van der Waals surface area (Å²) >= 11 is 0. The van der Waals surface area contributed by atoms with E-state index in [1.165, 1.54) is 31.2 Å². The minimum absolute atomic E-state index is 0.857. The summed E-state index contributed by atoms with van der Waals surface area (Å²) in [7, 11) is 0. The normalized spacial score (nSPS) is 27.0. The lowest BCUT2D eigenvalue weighted by atomic mass is 9.89. The second-order valence-electron chi connectivity index (χ2n) is 6.65. The van der Waals surface area contributed by atoms with E-state index < -0.39 is 0 Å². The zero-order valence-corrected chi connectivity index (χ0v) is 13.4. The van der Waals surface area contributed by atoms with Crippen LogP contribution in [0.5, 0.6) is 0 Å². The molecule has 4 heteroatoms. The van der Waals surface area contributed by atoms with E-state index >= 15 is 0 Å². The van der Waals surface area contributed by atoms with E-state index in [-0.39, 0.29) is 0 Å². The molecule has 0 aliphatic heterocycles. The number of nitrogens with one attached hydrogen (secondary N) is 2. The Balaban J connectivity index is 1.64. The van der Waals surface area contributed by atoms with Crippen molar-refractivity contribution in [2.45, 2.75) is 52.4 Å². The summed E-state index contributed by atoms with van der Waals surface area (Å²) in [5.41, 5.74) is 1.23. The first-order valence-corrected chi connectivity index (χ1v) is 8.63. The number of nitrogens with zero attached hydrogens (tertiary/aromatic N) is 2. The first kappa shape index (κ1) is 14.6. The highest BCUT2D eigenvalue weighted by Crippen LogP contribution is 2.48. The lowest BCUT2D eigenvalue weighted by molar-refractivity contribution is 0.348. The van der Waals surface area contributed by atoms with Crippen LogP contribution >= 0.6 is 0 Å². The number of rotatable bonds is 7. The van der Waals surface area contributed by atoms with Gasteiger partial charge < -0.3 is 10.6 Å². The summed E-state index contributed by atoms with van der Waals surface area (Å²) in [6, 6.07) is 0. The van der Waals surface area contributed by atoms with Gasteiger partial charge in [-0.2, -0.15) is 0 Å². The maximum atomic E-state index is 4.48. The van der Waals surface area contributed by atoms with E-state index in [0.717, 1.165) is 55.3 Å². The Kier molecular flexibility index (Phi) is 4.61. The highest BCUT2D eigenvalue weighted by molar-refractivity contribution is 5.57. The molecule has 1 heterocycles. The van der Waals surface area contributed by atoms with Gasteiger partial charge in [0.05, 0.1) is 0 Å². The van der Waals surface area contributed by atoms with Crippen LogP contribution in [-0.4, -0.2) is 23.1 Å². The van der Waals surface area contributed by atoms with Crippen molar-refractivity contribution in [3.05, 3.63) is 11.9 Å². The second-order valence-corrected chi connectivity index (χ2v) is 6.65. The Morgan fingerprint density at radius 1 is 1.10 bits per heavy atom. The Labute approximate surface area is 128 Å². The van der Waals surface area contributed by atoms with E-state index in [4.69, 9.17) is 0 Å². The Hall–Kier alpha value is -1.32. The van der Waals surface area contributed by atoms with Crippen LogP contribution in [0.1, 0.15) is 51.5 Å². The first-order valence-electron chi connectivity index (χ1n) is 8.63. The van der Waals surface area contributed by atoms with E-state index in [1.807, 2.05) is 0 Å². The molecule has 21 heavy (non-hydrogen) atoms. The van der Waals surface area contributed by atoms with Gasteiger partial charge in [-0.05, 0) is 49.9 Å². The Morgan fingerprint density at radius 2 is 1.90 bits per heavy atom. The fourth-order valence-corrected chi connectivity index (χ4v) is 4.15. The van der Waals surface area contributed by atoms with Gasteiger partial charge in [-0.3, -0.25) is 0 Å². The van der Waals surface area contributed by atoms with Crippen LogP contribution in [0.15, 0.2) is 6.33 Å². The van der Waals surface area contributed by atoms with Gasteiger partial charge in [-0.1, -0.05) is 20.3 Å². The van der Waals surface area contributed by atoms with E-state index in [9.17, 15) is 0 Å². The third-order valence-electron chi connectivity index (χ3n) is 5.26. The SMILES string of the molecule is CCCNc1ncnc(NCC2CC3CCC2C3)c1CC. The monoisotopic (exact) mass is 288 g/mol. The number of anilines is 2. The van der Waals surface area contributed by atoms with Crippen LogP contribution in [-0.2, 0) is 6.42 Å². The van der Waals surface area contributed by atoms with Gasteiger partial charge in [0, 0.05) is 18.7 Å². The number of aromatic nitrogens is 2. The lowest BCUT2D eigenvalue weighted by Crippen LogP contribution is -2.21. The largest absolute Gasteiger partial charge is 0.370 e. The van der Waals surface area contributed by atoms with Crippen LogP contribution in [0, 0.1) is 17.8 Å². The van der Waals surface area contributed by atoms with Crippen LogP contribution in [0.4, 0.5) is 11.6 Å². The average molecular weight is 288 g/mol. The van der Waals surface area contributed by atoms with Crippen molar-refractivity contribution in [2.75, 3.05) is 23.7 Å². The predicted molar refractivity (Wildman–Crippen MR) is 87.6 cm³/mol. The van der Waals surface area contributed by atoms with E-state index in [0.29, 0.717) is 0 Å². The summed E-state index contributed by atoms with van der Waals surface area (Å²) in [6.07, 6.45) is 9.57. The fraction of sp³-hybridized carbons (Fsp3) is 0.765. The minimum Gasteiger partial charge on any atom is -0.370 e. The fourth-order valence-electron chi connectivity index (χ4n) is 4.15. The highest BCUT2D eigenvalue weighted by atomic mass is 15.1. The van der Waals surface area contributed by atoms with E-state index in [2.05, 4.69) is 34.4 Å². The van der Waals surface area contributed by atoms with Crippen LogP contribution in [0.25, 0.3) is 0 Å². The molecule has 0 amide bonds. The number of hydrogen-bond donors (Lipinski definition) is 2. The second kappa shape index (κ2) is 6.63.